The third kappa shape index (κ3) is 6.65. The molecule has 0 saturated carbocycles. The number of rotatable bonds is 10. The van der Waals surface area contributed by atoms with E-state index in [0.29, 0.717) is 38.4 Å². The van der Waals surface area contributed by atoms with Gasteiger partial charge in [0.2, 0.25) is 11.8 Å². The maximum atomic E-state index is 12.4. The van der Waals surface area contributed by atoms with Gasteiger partial charge in [-0.15, -0.1) is 0 Å². The van der Waals surface area contributed by atoms with Crippen LogP contribution in [0.25, 0.3) is 0 Å². The number of carbonyl (C=O) groups is 3. The third-order valence-corrected chi connectivity index (χ3v) is 4.15. The topological polar surface area (TPSA) is 88.2 Å². The number of ether oxygens (including phenoxy) is 2. The van der Waals surface area contributed by atoms with E-state index in [-0.39, 0.29) is 30.9 Å². The Labute approximate surface area is 159 Å². The molecule has 8 nitrogen and oxygen atoms in total. The number of benzene rings is 1. The number of carbonyl (C=O) groups excluding carboxylic acids is 3. The van der Waals surface area contributed by atoms with Crippen LogP contribution in [-0.4, -0.2) is 69.2 Å². The number of hydrogen-bond donors (Lipinski definition) is 1. The van der Waals surface area contributed by atoms with E-state index >= 15 is 0 Å². The number of nitrogens with zero attached hydrogens (tertiary/aromatic N) is 2. The van der Waals surface area contributed by atoms with Crippen LogP contribution in [0.3, 0.4) is 0 Å². The fraction of sp³-hybridized carbons (Fsp3) is 0.526. The molecule has 148 valence electrons. The average Bonchev–Trinajstić information content (AvgIpc) is 3.06. The zero-order chi connectivity index (χ0) is 19.6. The predicted octanol–water partition coefficient (Wildman–Crippen LogP) is 1.26. The second-order valence-electron chi connectivity index (χ2n) is 6.26. The van der Waals surface area contributed by atoms with Crippen molar-refractivity contribution in [1.29, 1.82) is 0 Å². The molecule has 0 atom stereocenters. The third-order valence-electron chi connectivity index (χ3n) is 4.15. The molecule has 1 saturated heterocycles. The first-order chi connectivity index (χ1) is 13.0. The second kappa shape index (κ2) is 10.6. The number of anilines is 2. The van der Waals surface area contributed by atoms with Crippen molar-refractivity contribution < 1.29 is 23.9 Å². The van der Waals surface area contributed by atoms with E-state index < -0.39 is 0 Å². The minimum absolute atomic E-state index is 0.0208. The van der Waals surface area contributed by atoms with Crippen molar-refractivity contribution in [2.24, 2.45) is 0 Å². The Kier molecular flexibility index (Phi) is 8.22. The van der Waals surface area contributed by atoms with Crippen LogP contribution in [0.5, 0.6) is 0 Å². The van der Waals surface area contributed by atoms with Crippen LogP contribution in [0.1, 0.15) is 19.8 Å². The second-order valence-corrected chi connectivity index (χ2v) is 6.26. The molecular weight excluding hydrogens is 350 g/mol. The first-order valence-electron chi connectivity index (χ1n) is 9.10. The summed E-state index contributed by atoms with van der Waals surface area (Å²) >= 11 is 0. The van der Waals surface area contributed by atoms with Gasteiger partial charge >= 0.3 is 5.97 Å². The molecule has 0 bridgehead atoms. The van der Waals surface area contributed by atoms with Crippen molar-refractivity contribution in [2.75, 3.05) is 56.7 Å². The van der Waals surface area contributed by atoms with Crippen LogP contribution < -0.4 is 10.2 Å². The largest absolute Gasteiger partial charge is 0.465 e. The van der Waals surface area contributed by atoms with Gasteiger partial charge in [-0.3, -0.25) is 19.3 Å². The molecule has 2 rings (SSSR count). The summed E-state index contributed by atoms with van der Waals surface area (Å²) in [7, 11) is 1.56. The van der Waals surface area contributed by atoms with Gasteiger partial charge in [-0.25, -0.2) is 0 Å². The molecule has 1 aliphatic heterocycles. The van der Waals surface area contributed by atoms with Crippen molar-refractivity contribution in [3.8, 4) is 0 Å². The average molecular weight is 377 g/mol. The molecule has 0 aromatic heterocycles. The normalized spacial score (nSPS) is 13.9. The molecule has 0 spiro atoms. The Hall–Kier alpha value is -2.45. The van der Waals surface area contributed by atoms with Crippen molar-refractivity contribution >= 4 is 29.2 Å². The van der Waals surface area contributed by atoms with E-state index in [4.69, 9.17) is 9.47 Å². The van der Waals surface area contributed by atoms with Gasteiger partial charge in [0.05, 0.1) is 26.3 Å². The summed E-state index contributed by atoms with van der Waals surface area (Å²) in [5.74, 6) is -0.532. The minimum atomic E-state index is -0.379. The Balaban J connectivity index is 1.95. The zero-order valence-electron chi connectivity index (χ0n) is 15.9. The first kappa shape index (κ1) is 20.9. The van der Waals surface area contributed by atoms with Gasteiger partial charge < -0.3 is 19.7 Å². The summed E-state index contributed by atoms with van der Waals surface area (Å²) in [6, 6.07) is 7.21. The lowest BCUT2D eigenvalue weighted by Crippen LogP contribution is -2.39. The van der Waals surface area contributed by atoms with Crippen LogP contribution in [0.2, 0.25) is 0 Å². The van der Waals surface area contributed by atoms with E-state index in [2.05, 4.69) is 5.32 Å². The molecule has 1 N–H and O–H groups in total. The van der Waals surface area contributed by atoms with Crippen molar-refractivity contribution in [3.05, 3.63) is 24.3 Å². The number of hydrogen-bond acceptors (Lipinski definition) is 6. The van der Waals surface area contributed by atoms with Crippen molar-refractivity contribution in [1.82, 2.24) is 4.90 Å². The summed E-state index contributed by atoms with van der Waals surface area (Å²) in [6.45, 7) is 3.63. The van der Waals surface area contributed by atoms with E-state index in [1.807, 2.05) is 6.07 Å². The molecular formula is C19H27N3O5. The SMILES string of the molecule is CCOC(=O)CN(CCOC)CC(=O)Nc1cccc(N2CCCC2=O)c1. The highest BCUT2D eigenvalue weighted by atomic mass is 16.5. The fourth-order valence-electron chi connectivity index (χ4n) is 2.90. The molecule has 2 amide bonds. The lowest BCUT2D eigenvalue weighted by atomic mass is 10.2. The molecule has 1 fully saturated rings. The van der Waals surface area contributed by atoms with E-state index in [1.165, 1.54) is 0 Å². The predicted molar refractivity (Wildman–Crippen MR) is 102 cm³/mol. The van der Waals surface area contributed by atoms with E-state index in [1.54, 1.807) is 42.0 Å². The number of methoxy groups -OCH3 is 1. The summed E-state index contributed by atoms with van der Waals surface area (Å²) in [4.78, 5) is 39.4. The van der Waals surface area contributed by atoms with Crippen LogP contribution in [0, 0.1) is 0 Å². The maximum absolute atomic E-state index is 12.4. The zero-order valence-corrected chi connectivity index (χ0v) is 15.9. The van der Waals surface area contributed by atoms with Crippen molar-refractivity contribution in [3.63, 3.8) is 0 Å². The highest BCUT2D eigenvalue weighted by molar-refractivity contribution is 5.97. The van der Waals surface area contributed by atoms with Crippen LogP contribution >= 0.6 is 0 Å². The van der Waals surface area contributed by atoms with E-state index in [0.717, 1.165) is 12.1 Å². The molecule has 0 aliphatic carbocycles. The lowest BCUT2D eigenvalue weighted by Gasteiger charge is -2.21. The van der Waals surface area contributed by atoms with E-state index in [9.17, 15) is 14.4 Å². The Morgan fingerprint density at radius 1 is 1.30 bits per heavy atom. The summed E-state index contributed by atoms with van der Waals surface area (Å²) in [5.41, 5.74) is 1.39. The Morgan fingerprint density at radius 2 is 2.11 bits per heavy atom. The molecule has 27 heavy (non-hydrogen) atoms. The molecule has 0 radical (unpaired) electrons. The number of esters is 1. The molecule has 8 heteroatoms. The summed E-state index contributed by atoms with van der Waals surface area (Å²) < 4.78 is 9.98. The van der Waals surface area contributed by atoms with Gasteiger partial charge in [-0.1, -0.05) is 6.07 Å². The highest BCUT2D eigenvalue weighted by Crippen LogP contribution is 2.24. The summed E-state index contributed by atoms with van der Waals surface area (Å²) in [5, 5.41) is 2.82. The van der Waals surface area contributed by atoms with Gasteiger partial charge in [0.1, 0.15) is 0 Å². The Morgan fingerprint density at radius 3 is 2.78 bits per heavy atom. The van der Waals surface area contributed by atoms with Crippen molar-refractivity contribution in [2.45, 2.75) is 19.8 Å². The van der Waals surface area contributed by atoms with Crippen LogP contribution in [0.4, 0.5) is 11.4 Å². The molecule has 1 aromatic rings. The highest BCUT2D eigenvalue weighted by Gasteiger charge is 2.22. The smallest absolute Gasteiger partial charge is 0.320 e. The fourth-order valence-corrected chi connectivity index (χ4v) is 2.90. The Bertz CT molecular complexity index is 665. The van der Waals surface area contributed by atoms with Crippen LogP contribution in [0.15, 0.2) is 24.3 Å². The molecule has 0 unspecified atom stereocenters. The minimum Gasteiger partial charge on any atom is -0.465 e. The lowest BCUT2D eigenvalue weighted by molar-refractivity contribution is -0.144. The maximum Gasteiger partial charge on any atom is 0.320 e. The van der Waals surface area contributed by atoms with Gasteiger partial charge in [0.25, 0.3) is 0 Å². The molecule has 1 aliphatic rings. The standard InChI is InChI=1S/C19H27N3O5/c1-3-27-19(25)14-21(10-11-26-2)13-17(23)20-15-6-4-7-16(12-15)22-9-5-8-18(22)24/h4,6-7,12H,3,5,8-11,13-14H2,1-2H3,(H,20,23). The van der Waals surface area contributed by atoms with Gasteiger partial charge in [0.15, 0.2) is 0 Å². The number of nitrogens with one attached hydrogen (secondary N) is 1. The summed E-state index contributed by atoms with van der Waals surface area (Å²) in [6.07, 6.45) is 1.40. The van der Waals surface area contributed by atoms with Gasteiger partial charge in [-0.05, 0) is 31.5 Å². The van der Waals surface area contributed by atoms with Crippen LogP contribution in [-0.2, 0) is 23.9 Å². The first-order valence-corrected chi connectivity index (χ1v) is 9.10. The van der Waals surface area contributed by atoms with Gasteiger partial charge in [0, 0.05) is 38.0 Å². The molecule has 1 heterocycles. The monoisotopic (exact) mass is 377 g/mol. The quantitative estimate of drug-likeness (QED) is 0.618. The van der Waals surface area contributed by atoms with Gasteiger partial charge in [-0.2, -0.15) is 0 Å². The molecule has 1 aromatic carbocycles. The number of amides is 2.